The zero-order valence-electron chi connectivity index (χ0n) is 16.7. The summed E-state index contributed by atoms with van der Waals surface area (Å²) in [5.74, 6) is 1.14. The van der Waals surface area contributed by atoms with E-state index in [-0.39, 0.29) is 11.8 Å². The number of aryl methyl sites for hydroxylation is 1. The Kier molecular flexibility index (Phi) is 6.86. The smallest absolute Gasteiger partial charge is 0.228 e. The summed E-state index contributed by atoms with van der Waals surface area (Å²) >= 11 is 5.98. The Hall–Kier alpha value is -2.18. The van der Waals surface area contributed by atoms with E-state index in [1.165, 1.54) is 5.56 Å². The second kappa shape index (κ2) is 9.34. The maximum absolute atomic E-state index is 12.8. The first-order chi connectivity index (χ1) is 13.5. The molecule has 0 spiro atoms. The third-order valence-electron chi connectivity index (χ3n) is 5.13. The fraction of sp³-hybridized carbons (Fsp3) is 0.476. The molecule has 0 fully saturated rings. The summed E-state index contributed by atoms with van der Waals surface area (Å²) in [6.07, 6.45) is 3.75. The highest BCUT2D eigenvalue weighted by molar-refractivity contribution is 6.30. The van der Waals surface area contributed by atoms with E-state index >= 15 is 0 Å². The van der Waals surface area contributed by atoms with Crippen LogP contribution in [0.5, 0.6) is 0 Å². The van der Waals surface area contributed by atoms with E-state index < -0.39 is 0 Å². The Morgan fingerprint density at radius 2 is 2.00 bits per heavy atom. The predicted octanol–water partition coefficient (Wildman–Crippen LogP) is 3.05. The molecule has 1 aromatic heterocycles. The van der Waals surface area contributed by atoms with E-state index in [1.54, 1.807) is 6.33 Å². The number of nitrogens with one attached hydrogen (secondary N) is 2. The molecule has 1 unspecified atom stereocenters. The molecule has 150 valence electrons. The Balaban J connectivity index is 1.56. The summed E-state index contributed by atoms with van der Waals surface area (Å²) in [6.45, 7) is 4.00. The topological polar surface area (TPSA) is 70.1 Å². The van der Waals surface area contributed by atoms with Crippen molar-refractivity contribution in [2.75, 3.05) is 39.0 Å². The Bertz CT molecular complexity index is 809. The summed E-state index contributed by atoms with van der Waals surface area (Å²) in [5, 5.41) is 7.08. The van der Waals surface area contributed by atoms with Gasteiger partial charge in [-0.2, -0.15) is 0 Å². The lowest BCUT2D eigenvalue weighted by molar-refractivity contribution is -0.122. The van der Waals surface area contributed by atoms with E-state index in [0.29, 0.717) is 30.6 Å². The van der Waals surface area contributed by atoms with Crippen LogP contribution in [-0.4, -0.2) is 54.5 Å². The lowest BCUT2D eigenvalue weighted by atomic mass is 9.97. The number of hydrogen-bond donors (Lipinski definition) is 2. The average molecular weight is 402 g/mol. The van der Waals surface area contributed by atoms with E-state index in [2.05, 4.69) is 27.5 Å². The van der Waals surface area contributed by atoms with Gasteiger partial charge in [-0.15, -0.1) is 0 Å². The zero-order valence-corrected chi connectivity index (χ0v) is 17.5. The Labute approximate surface area is 171 Å². The molecule has 7 heteroatoms. The third-order valence-corrected chi connectivity index (χ3v) is 5.38. The fourth-order valence-electron chi connectivity index (χ4n) is 3.68. The largest absolute Gasteiger partial charge is 0.368 e. The van der Waals surface area contributed by atoms with Gasteiger partial charge >= 0.3 is 0 Å². The highest BCUT2D eigenvalue weighted by Crippen LogP contribution is 2.35. The minimum Gasteiger partial charge on any atom is -0.368 e. The van der Waals surface area contributed by atoms with Crippen molar-refractivity contribution in [1.29, 1.82) is 0 Å². The first-order valence-corrected chi connectivity index (χ1v) is 10.1. The van der Waals surface area contributed by atoms with Gasteiger partial charge in [0.2, 0.25) is 5.91 Å². The second-order valence-corrected chi connectivity index (χ2v) is 8.04. The lowest BCUT2D eigenvalue weighted by Gasteiger charge is -2.21. The molecule has 1 aromatic carbocycles. The van der Waals surface area contributed by atoms with Crippen molar-refractivity contribution in [3.8, 4) is 0 Å². The van der Waals surface area contributed by atoms with Gasteiger partial charge in [-0.3, -0.25) is 4.79 Å². The molecule has 3 rings (SSSR count). The predicted molar refractivity (Wildman–Crippen MR) is 113 cm³/mol. The number of carbonyl (C=O) groups is 1. The Morgan fingerprint density at radius 1 is 1.25 bits per heavy atom. The molecule has 1 aliphatic carbocycles. The summed E-state index contributed by atoms with van der Waals surface area (Å²) in [7, 11) is 3.93. The standard InChI is InChI=1S/C21H28ClN5O/c1-14-4-9-18-19(14)20(26-13-25-18)23-10-11-24-21(28)17(12-27(2)3)15-5-7-16(22)8-6-15/h5-8,13-14,17H,4,9-12H2,1-3H3,(H,24,28)(H,23,25,26)/t14-,17?/m1/s1. The van der Waals surface area contributed by atoms with Crippen LogP contribution in [0.25, 0.3) is 0 Å². The van der Waals surface area contributed by atoms with Crippen molar-refractivity contribution in [2.24, 2.45) is 0 Å². The van der Waals surface area contributed by atoms with Crippen molar-refractivity contribution >= 4 is 23.3 Å². The number of benzene rings is 1. The molecule has 1 amide bonds. The quantitative estimate of drug-likeness (QED) is 0.665. The van der Waals surface area contributed by atoms with E-state index in [1.807, 2.05) is 43.3 Å². The molecule has 6 nitrogen and oxygen atoms in total. The van der Waals surface area contributed by atoms with Gasteiger partial charge in [0.15, 0.2) is 0 Å². The van der Waals surface area contributed by atoms with Crippen molar-refractivity contribution in [1.82, 2.24) is 20.2 Å². The van der Waals surface area contributed by atoms with Gasteiger partial charge in [0, 0.05) is 35.9 Å². The number of anilines is 1. The summed E-state index contributed by atoms with van der Waals surface area (Å²) in [4.78, 5) is 23.6. The van der Waals surface area contributed by atoms with Gasteiger partial charge in [0.25, 0.3) is 0 Å². The molecule has 0 saturated carbocycles. The number of likely N-dealkylation sites (N-methyl/N-ethyl adjacent to an activating group) is 1. The van der Waals surface area contributed by atoms with Crippen molar-refractivity contribution in [3.05, 3.63) is 52.4 Å². The number of halogens is 1. The van der Waals surface area contributed by atoms with Crippen molar-refractivity contribution in [3.63, 3.8) is 0 Å². The number of carbonyl (C=O) groups excluding carboxylic acids is 1. The second-order valence-electron chi connectivity index (χ2n) is 7.61. The van der Waals surface area contributed by atoms with Gasteiger partial charge in [-0.25, -0.2) is 9.97 Å². The fourth-order valence-corrected chi connectivity index (χ4v) is 3.80. The molecule has 0 aliphatic heterocycles. The minimum absolute atomic E-state index is 0.0131. The van der Waals surface area contributed by atoms with Crippen LogP contribution < -0.4 is 10.6 Å². The van der Waals surface area contributed by atoms with Crippen molar-refractivity contribution in [2.45, 2.75) is 31.6 Å². The number of aromatic nitrogens is 2. The van der Waals surface area contributed by atoms with Gasteiger partial charge in [0.05, 0.1) is 5.92 Å². The molecule has 28 heavy (non-hydrogen) atoms. The van der Waals surface area contributed by atoms with Crippen LogP contribution in [0, 0.1) is 0 Å². The normalized spacial score (nSPS) is 16.7. The first-order valence-electron chi connectivity index (χ1n) is 9.71. The third kappa shape index (κ3) is 5.00. The van der Waals surface area contributed by atoms with Crippen LogP contribution >= 0.6 is 11.6 Å². The summed E-state index contributed by atoms with van der Waals surface area (Å²) < 4.78 is 0. The number of fused-ring (bicyclic) bond motifs is 1. The van der Waals surface area contributed by atoms with E-state index in [4.69, 9.17) is 11.6 Å². The molecule has 1 heterocycles. The zero-order chi connectivity index (χ0) is 20.1. The molecule has 2 N–H and O–H groups in total. The van der Waals surface area contributed by atoms with E-state index in [9.17, 15) is 4.79 Å². The first kappa shape index (κ1) is 20.6. The molecule has 2 aromatic rings. The average Bonchev–Trinajstić information content (AvgIpc) is 3.05. The Morgan fingerprint density at radius 3 is 2.71 bits per heavy atom. The molecule has 2 atom stereocenters. The van der Waals surface area contributed by atoms with Crippen LogP contribution in [0.2, 0.25) is 5.02 Å². The maximum Gasteiger partial charge on any atom is 0.228 e. The van der Waals surface area contributed by atoms with Gasteiger partial charge in [0.1, 0.15) is 12.1 Å². The number of hydrogen-bond acceptors (Lipinski definition) is 5. The summed E-state index contributed by atoms with van der Waals surface area (Å²) in [5.41, 5.74) is 3.33. The van der Waals surface area contributed by atoms with Crippen LogP contribution in [0.15, 0.2) is 30.6 Å². The highest BCUT2D eigenvalue weighted by atomic mass is 35.5. The van der Waals surface area contributed by atoms with Gasteiger partial charge in [-0.1, -0.05) is 30.7 Å². The maximum atomic E-state index is 12.8. The monoisotopic (exact) mass is 401 g/mol. The van der Waals surface area contributed by atoms with Crippen molar-refractivity contribution < 1.29 is 4.79 Å². The molecule has 0 radical (unpaired) electrons. The number of amides is 1. The van der Waals surface area contributed by atoms with Crippen LogP contribution in [0.3, 0.4) is 0 Å². The van der Waals surface area contributed by atoms with E-state index in [0.717, 1.165) is 29.9 Å². The van der Waals surface area contributed by atoms with Gasteiger partial charge < -0.3 is 15.5 Å². The molecule has 0 saturated heterocycles. The SMILES string of the molecule is C[C@@H]1CCc2ncnc(NCCNC(=O)C(CN(C)C)c3ccc(Cl)cc3)c21. The molecular formula is C21H28ClN5O. The number of rotatable bonds is 8. The summed E-state index contributed by atoms with van der Waals surface area (Å²) in [6, 6.07) is 7.48. The molecular weight excluding hydrogens is 374 g/mol. The lowest BCUT2D eigenvalue weighted by Crippen LogP contribution is -2.37. The van der Waals surface area contributed by atoms with Crippen LogP contribution in [-0.2, 0) is 11.2 Å². The van der Waals surface area contributed by atoms with Gasteiger partial charge in [-0.05, 0) is 50.6 Å². The molecule has 0 bridgehead atoms. The number of nitrogens with zero attached hydrogens (tertiary/aromatic N) is 3. The van der Waals surface area contributed by atoms with Crippen LogP contribution in [0.1, 0.15) is 42.0 Å². The van der Waals surface area contributed by atoms with Crippen LogP contribution in [0.4, 0.5) is 5.82 Å². The molecule has 1 aliphatic rings. The highest BCUT2D eigenvalue weighted by Gasteiger charge is 2.24. The minimum atomic E-state index is -0.240.